The van der Waals surface area contributed by atoms with Gasteiger partial charge in [-0.3, -0.25) is 0 Å². The van der Waals surface area contributed by atoms with E-state index in [2.05, 4.69) is 0 Å². The van der Waals surface area contributed by atoms with Gasteiger partial charge in [0.1, 0.15) is 0 Å². The van der Waals surface area contributed by atoms with Crippen molar-refractivity contribution >= 4 is 0 Å². The molecule has 0 saturated carbocycles. The molecule has 6 heteroatoms. The minimum atomic E-state index is -3.69. The molecule has 0 heterocycles. The molecule has 0 fully saturated rings. The molecule has 6 heavy (non-hydrogen) atoms. The van der Waals surface area contributed by atoms with Crippen LogP contribution in [0.15, 0.2) is 0 Å². The van der Waals surface area contributed by atoms with Crippen LogP contribution < -0.4 is 0 Å². The van der Waals surface area contributed by atoms with E-state index in [0.29, 0.717) is 0 Å². The summed E-state index contributed by atoms with van der Waals surface area (Å²) < 4.78 is 24.4. The van der Waals surface area contributed by atoms with Gasteiger partial charge in [0.05, 0.1) is 0 Å². The first-order valence-electron chi connectivity index (χ1n) is 0.565. The van der Waals surface area contributed by atoms with Gasteiger partial charge in [-0.2, -0.15) is 0 Å². The average molecular weight is 426 g/mol. The van der Waals surface area contributed by atoms with Gasteiger partial charge in [-0.1, -0.05) is 0 Å². The second-order valence-corrected chi connectivity index (χ2v) is 0.981. The quantitative estimate of drug-likeness (QED) is 0.553. The number of rotatable bonds is 0. The van der Waals surface area contributed by atoms with E-state index in [9.17, 15) is 0 Å². The third-order valence-electron chi connectivity index (χ3n) is 0. The van der Waals surface area contributed by atoms with Crippen LogP contribution >= 0.6 is 0 Å². The molecule has 1 N–H and O–H groups in total. The van der Waals surface area contributed by atoms with Crippen LogP contribution in [-0.2, 0) is 22.7 Å². The van der Waals surface area contributed by atoms with Crippen LogP contribution in [0, 0.1) is 76.8 Å². The van der Waals surface area contributed by atoms with E-state index in [-0.39, 0.29) is 76.8 Å². The molecule has 1 radical (unpaired) electrons. The Morgan fingerprint density at radius 1 is 1.33 bits per heavy atom. The molecule has 0 amide bonds. The van der Waals surface area contributed by atoms with Gasteiger partial charge in [-0.25, -0.2) is 0 Å². The van der Waals surface area contributed by atoms with E-state index >= 15 is 0 Å². The first-order valence-corrected chi connectivity index (χ1v) is 2.33. The van der Waals surface area contributed by atoms with Crippen LogP contribution in [0.25, 0.3) is 0 Å². The molecular formula is HGdO3TmV. The summed E-state index contributed by atoms with van der Waals surface area (Å²) in [5, 5.41) is 0. The van der Waals surface area contributed by atoms with E-state index in [1.54, 1.807) is 0 Å². The largest absolute Gasteiger partial charge is 0 e. The predicted octanol–water partition coefficient (Wildman–Crippen LogP) is -0.797. The Kier molecular flexibility index (Phi) is 28.2. The molecule has 0 bridgehead atoms. The topological polar surface area (TPSA) is 54.4 Å². The summed E-state index contributed by atoms with van der Waals surface area (Å²) in [5.41, 5.74) is 0. The van der Waals surface area contributed by atoms with Crippen LogP contribution in [0.1, 0.15) is 0 Å². The Morgan fingerprint density at radius 3 is 1.33 bits per heavy atom. The molecule has 0 atom stereocenters. The molecule has 0 spiro atoms. The summed E-state index contributed by atoms with van der Waals surface area (Å²) in [5.74, 6) is 0. The molecule has 0 unspecified atom stereocenters. The zero-order valence-corrected chi connectivity index (χ0v) is 7.79. The first-order chi connectivity index (χ1) is 1.73. The summed E-state index contributed by atoms with van der Waals surface area (Å²) in [7, 11) is 0. The van der Waals surface area contributed by atoms with E-state index in [1.807, 2.05) is 0 Å². The fraction of sp³-hybridized carbons (Fsp3) is 0. The van der Waals surface area contributed by atoms with Crippen molar-refractivity contribution in [2.24, 2.45) is 0 Å². The predicted molar refractivity (Wildman–Crippen MR) is 3.59 cm³/mol. The van der Waals surface area contributed by atoms with Gasteiger partial charge in [0.25, 0.3) is 0 Å². The Hall–Kier alpha value is 2.70. The molecule has 0 saturated heterocycles. The number of hydrogen-bond donors (Lipinski definition) is 1. The fourth-order valence-corrected chi connectivity index (χ4v) is 0. The maximum Gasteiger partial charge on any atom is 0 e. The van der Waals surface area contributed by atoms with Gasteiger partial charge in [0.2, 0.25) is 0 Å². The number of hydrogen-bond acceptors (Lipinski definition) is 2. The first kappa shape index (κ1) is 15.9. The Labute approximate surface area is 101 Å². The van der Waals surface area contributed by atoms with Crippen molar-refractivity contribution in [1.29, 1.82) is 0 Å². The Bertz CT molecular complexity index is 59.2. The van der Waals surface area contributed by atoms with Crippen molar-refractivity contribution in [3.8, 4) is 0 Å². The SMILES string of the molecule is [Gd].[O]=[V](=[O])[OH].[Tm]. The molecule has 0 aromatic rings. The minimum absolute atomic E-state index is 0. The monoisotopic (exact) mass is 427 g/mol. The molecule has 0 aliphatic carbocycles. The molecule has 0 aliphatic rings. The summed E-state index contributed by atoms with van der Waals surface area (Å²) in [6, 6.07) is 0. The van der Waals surface area contributed by atoms with Gasteiger partial charge < -0.3 is 0 Å². The summed E-state index contributed by atoms with van der Waals surface area (Å²) >= 11 is -3.69. The fourth-order valence-electron chi connectivity index (χ4n) is 0. The van der Waals surface area contributed by atoms with E-state index in [1.165, 1.54) is 0 Å². The molecular weight excluding hydrogens is 425 g/mol. The van der Waals surface area contributed by atoms with E-state index < -0.39 is 15.4 Å². The molecule has 45 valence electrons. The zero-order chi connectivity index (χ0) is 3.58. The second-order valence-electron chi connectivity index (χ2n) is 0.238. The van der Waals surface area contributed by atoms with Crippen LogP contribution in [-0.4, -0.2) is 4.03 Å². The normalized spacial score (nSPS) is 4.17. The van der Waals surface area contributed by atoms with Crippen LogP contribution in [0.4, 0.5) is 0 Å². The molecule has 0 aromatic carbocycles. The minimum Gasteiger partial charge on any atom is 0 e. The van der Waals surface area contributed by atoms with Crippen molar-refractivity contribution in [3.63, 3.8) is 0 Å². The van der Waals surface area contributed by atoms with Crippen molar-refractivity contribution in [2.75, 3.05) is 0 Å². The summed E-state index contributed by atoms with van der Waals surface area (Å²) in [4.78, 5) is 0. The molecule has 0 aliphatic heterocycles. The summed E-state index contributed by atoms with van der Waals surface area (Å²) in [6.07, 6.45) is 0. The van der Waals surface area contributed by atoms with Crippen molar-refractivity contribution in [3.05, 3.63) is 0 Å². The van der Waals surface area contributed by atoms with Crippen LogP contribution in [0.3, 0.4) is 0 Å². The van der Waals surface area contributed by atoms with Crippen LogP contribution in [0.2, 0.25) is 0 Å². The van der Waals surface area contributed by atoms with Gasteiger partial charge in [-0.15, -0.1) is 0 Å². The standard InChI is InChI=1S/Gd.H2O.2O.Tm.V/h;1H2;;;;/q;;;;;+1/p-1. The van der Waals surface area contributed by atoms with Crippen LogP contribution in [0.5, 0.6) is 0 Å². The van der Waals surface area contributed by atoms with Crippen molar-refractivity contribution in [1.82, 2.24) is 0 Å². The molecule has 0 rings (SSSR count). The smallest absolute Gasteiger partial charge is 0 e. The van der Waals surface area contributed by atoms with E-state index in [0.717, 1.165) is 0 Å². The maximum atomic E-state index is 8.67. The average Bonchev–Trinajstić information content (AvgIpc) is 0.811. The molecule has 3 nitrogen and oxygen atoms in total. The summed E-state index contributed by atoms with van der Waals surface area (Å²) in [6.45, 7) is 0. The Balaban J connectivity index is -0.0000000450. The van der Waals surface area contributed by atoms with E-state index in [4.69, 9.17) is 11.4 Å². The molecule has 0 aromatic heterocycles. The maximum absolute atomic E-state index is 8.67. The van der Waals surface area contributed by atoms with Gasteiger partial charge >= 0.3 is 26.8 Å². The van der Waals surface area contributed by atoms with Crippen molar-refractivity contribution in [2.45, 2.75) is 0 Å². The Morgan fingerprint density at radius 2 is 1.33 bits per heavy atom. The third-order valence-corrected chi connectivity index (χ3v) is 0. The zero-order valence-electron chi connectivity index (χ0n) is 2.34. The second kappa shape index (κ2) is 10.6. The van der Waals surface area contributed by atoms with Gasteiger partial charge in [-0.05, 0) is 0 Å². The van der Waals surface area contributed by atoms with Gasteiger partial charge in [0, 0.05) is 76.8 Å². The van der Waals surface area contributed by atoms with Crippen molar-refractivity contribution < 1.29 is 104 Å². The van der Waals surface area contributed by atoms with Gasteiger partial charge in [0.15, 0.2) is 0 Å². The third kappa shape index (κ3) is 29.8.